The smallest absolute Gasteiger partial charge is 0.236 e. The van der Waals surface area contributed by atoms with Crippen LogP contribution in [0, 0.1) is 0 Å². The molecule has 0 aliphatic heterocycles. The Morgan fingerprint density at radius 3 is 2.75 bits per heavy atom. The molecule has 0 saturated heterocycles. The number of carbonyl (C=O) groups is 1. The second-order valence-corrected chi connectivity index (χ2v) is 10.2. The molecule has 0 unspecified atom stereocenters. The topological polar surface area (TPSA) is 80.7 Å². The molecule has 6 nitrogen and oxygen atoms in total. The molecule has 1 amide bonds. The predicted octanol–water partition coefficient (Wildman–Crippen LogP) is 4.84. The van der Waals surface area contributed by atoms with E-state index in [1.54, 1.807) is 11.3 Å². The molecule has 1 N–H and O–H groups in total. The first kappa shape index (κ1) is 19.7. The van der Waals surface area contributed by atoms with Gasteiger partial charge in [0.1, 0.15) is 20.7 Å². The lowest BCUT2D eigenvalue weighted by Crippen LogP contribution is -2.14. The number of rotatable bonds is 6. The molecule has 0 spiro atoms. The molecule has 3 heterocycles. The van der Waals surface area contributed by atoms with E-state index in [1.165, 1.54) is 51.8 Å². The lowest BCUT2D eigenvalue weighted by atomic mass is 9.97. The minimum absolute atomic E-state index is 0.0780. The van der Waals surface area contributed by atoms with Crippen LogP contribution < -0.4 is 5.32 Å². The summed E-state index contributed by atoms with van der Waals surface area (Å²) in [7, 11) is 0. The van der Waals surface area contributed by atoms with Crippen molar-refractivity contribution >= 4 is 55.7 Å². The van der Waals surface area contributed by atoms with Crippen LogP contribution in [0.1, 0.15) is 60.8 Å². The van der Waals surface area contributed by atoms with Crippen LogP contribution in [0.4, 0.5) is 5.13 Å². The molecule has 0 aromatic carbocycles. The molecular weight excluding hydrogens is 410 g/mol. The van der Waals surface area contributed by atoms with Crippen molar-refractivity contribution < 1.29 is 4.79 Å². The maximum absolute atomic E-state index is 12.4. The van der Waals surface area contributed by atoms with Gasteiger partial charge in [0, 0.05) is 16.2 Å². The summed E-state index contributed by atoms with van der Waals surface area (Å²) in [6.07, 6.45) is 5.50. The summed E-state index contributed by atoms with van der Waals surface area (Å²) in [4.78, 5) is 24.6. The van der Waals surface area contributed by atoms with Crippen molar-refractivity contribution in [3.63, 3.8) is 0 Å². The monoisotopic (exact) mass is 433 g/mol. The highest BCUT2D eigenvalue weighted by Gasteiger charge is 2.22. The van der Waals surface area contributed by atoms with Gasteiger partial charge in [-0.2, -0.15) is 0 Å². The van der Waals surface area contributed by atoms with Gasteiger partial charge in [0.25, 0.3) is 0 Å². The Bertz CT molecular complexity index is 1010. The van der Waals surface area contributed by atoms with Gasteiger partial charge < -0.3 is 0 Å². The second-order valence-electron chi connectivity index (χ2n) is 7.12. The molecule has 0 saturated carbocycles. The summed E-state index contributed by atoms with van der Waals surface area (Å²) in [6, 6.07) is 0. The first-order valence-corrected chi connectivity index (χ1v) is 12.2. The Balaban J connectivity index is 1.58. The van der Waals surface area contributed by atoms with Crippen LogP contribution in [0.25, 0.3) is 10.2 Å². The summed E-state index contributed by atoms with van der Waals surface area (Å²) in [6.45, 7) is 6.24. The first-order chi connectivity index (χ1) is 13.5. The van der Waals surface area contributed by atoms with Crippen LogP contribution in [0.15, 0.2) is 5.03 Å². The van der Waals surface area contributed by atoms with Crippen LogP contribution in [0.3, 0.4) is 0 Å². The van der Waals surface area contributed by atoms with Crippen LogP contribution in [0.5, 0.6) is 0 Å². The van der Waals surface area contributed by atoms with Gasteiger partial charge in [0.15, 0.2) is 0 Å². The standard InChI is InChI=1S/C19H23N5OS3/c1-4-14-23-24-19(28-14)20-13(25)9-26-17-15-11-7-5-6-8-12(11)27-18(15)22-16(21-17)10(2)3/h10H,4-9H2,1-3H3,(H,20,24,25). The van der Waals surface area contributed by atoms with E-state index in [0.29, 0.717) is 10.9 Å². The molecule has 3 aromatic rings. The van der Waals surface area contributed by atoms with Crippen molar-refractivity contribution in [1.82, 2.24) is 20.2 Å². The predicted molar refractivity (Wildman–Crippen MR) is 117 cm³/mol. The number of aromatic nitrogens is 4. The largest absolute Gasteiger partial charge is 0.300 e. The SMILES string of the molecule is CCc1nnc(NC(=O)CSc2nc(C(C)C)nc3sc4c(c23)CCCC4)s1. The van der Waals surface area contributed by atoms with E-state index >= 15 is 0 Å². The van der Waals surface area contributed by atoms with Crippen LogP contribution >= 0.6 is 34.4 Å². The van der Waals surface area contributed by atoms with Gasteiger partial charge in [0.2, 0.25) is 11.0 Å². The minimum Gasteiger partial charge on any atom is -0.300 e. The fourth-order valence-electron chi connectivity index (χ4n) is 3.24. The molecular formula is C19H23N5OS3. The summed E-state index contributed by atoms with van der Waals surface area (Å²) in [5.74, 6) is 1.33. The zero-order chi connectivity index (χ0) is 19.7. The Hall–Kier alpha value is -1.58. The number of anilines is 1. The number of carbonyl (C=O) groups excluding carboxylic acids is 1. The maximum atomic E-state index is 12.4. The van der Waals surface area contributed by atoms with E-state index in [4.69, 9.17) is 9.97 Å². The molecule has 0 radical (unpaired) electrons. The van der Waals surface area contributed by atoms with Gasteiger partial charge in [0.05, 0.1) is 5.75 Å². The van der Waals surface area contributed by atoms with E-state index in [1.807, 2.05) is 6.92 Å². The van der Waals surface area contributed by atoms with Crippen LogP contribution in [-0.4, -0.2) is 31.8 Å². The van der Waals surface area contributed by atoms with Gasteiger partial charge in [-0.05, 0) is 37.7 Å². The van der Waals surface area contributed by atoms with Crippen molar-refractivity contribution in [3.05, 3.63) is 21.3 Å². The van der Waals surface area contributed by atoms with Crippen molar-refractivity contribution in [1.29, 1.82) is 0 Å². The molecule has 28 heavy (non-hydrogen) atoms. The first-order valence-electron chi connectivity index (χ1n) is 9.62. The number of fused-ring (bicyclic) bond motifs is 3. The zero-order valence-corrected chi connectivity index (χ0v) is 18.7. The average Bonchev–Trinajstić information content (AvgIpc) is 3.29. The van der Waals surface area contributed by atoms with Crippen LogP contribution in [-0.2, 0) is 24.1 Å². The number of aryl methyl sites for hydroxylation is 3. The molecule has 0 atom stereocenters. The minimum atomic E-state index is -0.0780. The van der Waals surface area contributed by atoms with Gasteiger partial charge in [-0.25, -0.2) is 9.97 Å². The highest BCUT2D eigenvalue weighted by molar-refractivity contribution is 8.00. The maximum Gasteiger partial charge on any atom is 0.236 e. The van der Waals surface area contributed by atoms with Crippen molar-refractivity contribution in [2.45, 2.75) is 63.8 Å². The Labute approximate surface area is 176 Å². The highest BCUT2D eigenvalue weighted by atomic mass is 32.2. The van der Waals surface area contributed by atoms with Crippen LogP contribution in [0.2, 0.25) is 0 Å². The van der Waals surface area contributed by atoms with E-state index in [2.05, 4.69) is 29.4 Å². The summed E-state index contributed by atoms with van der Waals surface area (Å²) >= 11 is 4.73. The molecule has 9 heteroatoms. The Morgan fingerprint density at radius 1 is 1.18 bits per heavy atom. The second kappa shape index (κ2) is 8.42. The number of thiophene rings is 1. The molecule has 0 bridgehead atoms. The van der Waals surface area contributed by atoms with E-state index in [0.717, 1.165) is 40.0 Å². The van der Waals surface area contributed by atoms with Gasteiger partial charge in [-0.1, -0.05) is 43.9 Å². The fourth-order valence-corrected chi connectivity index (χ4v) is 6.13. The number of amides is 1. The number of thioether (sulfide) groups is 1. The summed E-state index contributed by atoms with van der Waals surface area (Å²) in [5.41, 5.74) is 1.40. The normalized spacial score (nSPS) is 13.9. The molecule has 148 valence electrons. The summed E-state index contributed by atoms with van der Waals surface area (Å²) in [5, 5.41) is 14.5. The fraction of sp³-hybridized carbons (Fsp3) is 0.526. The third-order valence-corrected chi connectivity index (χ3v) is 7.81. The van der Waals surface area contributed by atoms with Crippen molar-refractivity contribution in [3.8, 4) is 0 Å². The molecule has 1 aliphatic rings. The lowest BCUT2D eigenvalue weighted by molar-refractivity contribution is -0.113. The Kier molecular flexibility index (Phi) is 5.93. The highest BCUT2D eigenvalue weighted by Crippen LogP contribution is 2.40. The number of nitrogens with one attached hydrogen (secondary N) is 1. The Morgan fingerprint density at radius 2 is 2.00 bits per heavy atom. The van der Waals surface area contributed by atoms with Crippen molar-refractivity contribution in [2.24, 2.45) is 0 Å². The zero-order valence-electron chi connectivity index (χ0n) is 16.2. The number of nitrogens with zero attached hydrogens (tertiary/aromatic N) is 4. The third kappa shape index (κ3) is 4.06. The van der Waals surface area contributed by atoms with E-state index in [-0.39, 0.29) is 11.8 Å². The van der Waals surface area contributed by atoms with E-state index in [9.17, 15) is 4.79 Å². The van der Waals surface area contributed by atoms with Crippen molar-refractivity contribution in [2.75, 3.05) is 11.1 Å². The lowest BCUT2D eigenvalue weighted by Gasteiger charge is -2.12. The summed E-state index contributed by atoms with van der Waals surface area (Å²) < 4.78 is 0. The third-order valence-electron chi connectivity index (χ3n) is 4.67. The molecule has 3 aromatic heterocycles. The molecule has 0 fully saturated rings. The quantitative estimate of drug-likeness (QED) is 0.443. The molecule has 1 aliphatic carbocycles. The number of hydrogen-bond acceptors (Lipinski definition) is 8. The molecule has 4 rings (SSSR count). The van der Waals surface area contributed by atoms with Gasteiger partial charge in [-0.3, -0.25) is 10.1 Å². The van der Waals surface area contributed by atoms with E-state index < -0.39 is 0 Å². The average molecular weight is 434 g/mol. The van der Waals surface area contributed by atoms with Gasteiger partial charge >= 0.3 is 0 Å². The van der Waals surface area contributed by atoms with Gasteiger partial charge in [-0.15, -0.1) is 21.5 Å². The number of hydrogen-bond donors (Lipinski definition) is 1.